The molecule has 9 nitrogen and oxygen atoms in total. The van der Waals surface area contributed by atoms with Crippen LogP contribution in [-0.4, -0.2) is 58.4 Å². The molecular weight excluding hydrogens is 446 g/mol. The van der Waals surface area contributed by atoms with Gasteiger partial charge in [-0.3, -0.25) is 9.89 Å². The fourth-order valence-electron chi connectivity index (χ4n) is 4.61. The van der Waals surface area contributed by atoms with Crippen molar-refractivity contribution >= 4 is 5.91 Å². The van der Waals surface area contributed by atoms with Gasteiger partial charge in [-0.25, -0.2) is 4.98 Å². The second kappa shape index (κ2) is 9.54. The molecule has 1 aliphatic rings. The van der Waals surface area contributed by atoms with Crippen molar-refractivity contribution in [2.24, 2.45) is 0 Å². The molecular formula is C26H27N5O4. The van der Waals surface area contributed by atoms with Gasteiger partial charge in [0.1, 0.15) is 11.4 Å². The predicted octanol–water partition coefficient (Wildman–Crippen LogP) is 3.93. The molecule has 180 valence electrons. The molecule has 1 aliphatic heterocycles. The molecule has 0 spiro atoms. The van der Waals surface area contributed by atoms with Crippen molar-refractivity contribution in [3.8, 4) is 28.5 Å². The lowest BCUT2D eigenvalue weighted by Crippen LogP contribution is -2.31. The molecule has 1 amide bonds. The van der Waals surface area contributed by atoms with Crippen molar-refractivity contribution in [3.63, 3.8) is 0 Å². The minimum absolute atomic E-state index is 0.0716. The largest absolute Gasteiger partial charge is 0.497 e. The highest BCUT2D eigenvalue weighted by Crippen LogP contribution is 2.44. The number of H-pyrrole nitrogens is 1. The number of nitrogens with zero attached hydrogens (tertiary/aromatic N) is 4. The lowest BCUT2D eigenvalue weighted by molar-refractivity contribution is 0.0739. The van der Waals surface area contributed by atoms with E-state index in [-0.39, 0.29) is 11.9 Å². The number of hydrogen-bond donors (Lipinski definition) is 1. The van der Waals surface area contributed by atoms with Gasteiger partial charge < -0.3 is 23.7 Å². The first kappa shape index (κ1) is 22.5. The molecule has 1 unspecified atom stereocenters. The Morgan fingerprint density at radius 3 is 2.46 bits per heavy atom. The molecule has 1 atom stereocenters. The van der Waals surface area contributed by atoms with Crippen molar-refractivity contribution < 1.29 is 19.0 Å². The van der Waals surface area contributed by atoms with Gasteiger partial charge in [0, 0.05) is 36.6 Å². The fraction of sp³-hybridized carbons (Fsp3) is 0.269. The number of carbonyl (C=O) groups excluding carboxylic acids is 1. The molecule has 1 N–H and O–H groups in total. The van der Waals surface area contributed by atoms with E-state index >= 15 is 0 Å². The maximum atomic E-state index is 13.6. The molecule has 2 aromatic carbocycles. The van der Waals surface area contributed by atoms with Gasteiger partial charge in [-0.15, -0.1) is 0 Å². The van der Waals surface area contributed by atoms with E-state index in [9.17, 15) is 4.79 Å². The summed E-state index contributed by atoms with van der Waals surface area (Å²) in [6.07, 6.45) is 6.24. The SMILES string of the molecule is COc1ccc(-c2n[nH]c3c2C(c2ccc(OC)c(OC)c2)N(CCCn2ccnc2)C3=O)cc1. The van der Waals surface area contributed by atoms with E-state index in [1.165, 1.54) is 0 Å². The number of methoxy groups -OCH3 is 3. The molecule has 0 aliphatic carbocycles. The van der Waals surface area contributed by atoms with Crippen LogP contribution in [0.5, 0.6) is 17.2 Å². The highest BCUT2D eigenvalue weighted by atomic mass is 16.5. The number of ether oxygens (including phenoxy) is 3. The summed E-state index contributed by atoms with van der Waals surface area (Å²) >= 11 is 0. The zero-order valence-electron chi connectivity index (χ0n) is 19.9. The van der Waals surface area contributed by atoms with E-state index in [0.29, 0.717) is 23.7 Å². The Hall–Kier alpha value is -4.27. The van der Waals surface area contributed by atoms with Crippen LogP contribution in [0.3, 0.4) is 0 Å². The van der Waals surface area contributed by atoms with Crippen LogP contribution in [-0.2, 0) is 6.54 Å². The second-order valence-electron chi connectivity index (χ2n) is 8.26. The maximum Gasteiger partial charge on any atom is 0.273 e. The van der Waals surface area contributed by atoms with Gasteiger partial charge in [-0.1, -0.05) is 6.07 Å². The number of aromatic nitrogens is 4. The third-order valence-electron chi connectivity index (χ3n) is 6.33. The van der Waals surface area contributed by atoms with Crippen LogP contribution in [0, 0.1) is 0 Å². The van der Waals surface area contributed by atoms with Crippen LogP contribution >= 0.6 is 0 Å². The van der Waals surface area contributed by atoms with Crippen molar-refractivity contribution in [1.82, 2.24) is 24.6 Å². The molecule has 0 fully saturated rings. The van der Waals surface area contributed by atoms with Gasteiger partial charge in [0.05, 0.1) is 39.4 Å². The predicted molar refractivity (Wildman–Crippen MR) is 130 cm³/mol. The zero-order chi connectivity index (χ0) is 24.4. The summed E-state index contributed by atoms with van der Waals surface area (Å²) in [6, 6.07) is 13.1. The van der Waals surface area contributed by atoms with E-state index in [2.05, 4.69) is 15.2 Å². The van der Waals surface area contributed by atoms with E-state index in [0.717, 1.165) is 41.1 Å². The molecule has 3 heterocycles. The Labute approximate surface area is 203 Å². The summed E-state index contributed by atoms with van der Waals surface area (Å²) in [5.74, 6) is 1.93. The molecule has 2 aromatic heterocycles. The lowest BCUT2D eigenvalue weighted by atomic mass is 9.95. The Morgan fingerprint density at radius 2 is 1.77 bits per heavy atom. The summed E-state index contributed by atoms with van der Waals surface area (Å²) < 4.78 is 18.3. The first-order valence-corrected chi connectivity index (χ1v) is 11.4. The summed E-state index contributed by atoms with van der Waals surface area (Å²) in [5.41, 5.74) is 3.94. The van der Waals surface area contributed by atoms with Gasteiger partial charge in [-0.05, 0) is 48.4 Å². The number of nitrogens with one attached hydrogen (secondary N) is 1. The van der Waals surface area contributed by atoms with E-state index in [1.54, 1.807) is 33.9 Å². The highest BCUT2D eigenvalue weighted by molar-refractivity contribution is 6.00. The van der Waals surface area contributed by atoms with Gasteiger partial charge in [0.2, 0.25) is 0 Å². The number of aryl methyl sites for hydroxylation is 1. The van der Waals surface area contributed by atoms with Gasteiger partial charge in [0.15, 0.2) is 11.5 Å². The average Bonchev–Trinajstić information content (AvgIpc) is 3.63. The molecule has 9 heteroatoms. The summed E-state index contributed by atoms with van der Waals surface area (Å²) in [6.45, 7) is 1.33. The van der Waals surface area contributed by atoms with E-state index in [4.69, 9.17) is 14.2 Å². The first-order valence-electron chi connectivity index (χ1n) is 11.4. The first-order chi connectivity index (χ1) is 17.1. The van der Waals surface area contributed by atoms with E-state index < -0.39 is 0 Å². The number of imidazole rings is 1. The number of amides is 1. The Bertz CT molecular complexity index is 1310. The Balaban J connectivity index is 1.55. The number of benzene rings is 2. The molecule has 0 bridgehead atoms. The molecule has 4 aromatic rings. The lowest BCUT2D eigenvalue weighted by Gasteiger charge is -2.27. The summed E-state index contributed by atoms with van der Waals surface area (Å²) in [5, 5.41) is 7.54. The van der Waals surface area contributed by atoms with Crippen LogP contribution in [0.25, 0.3) is 11.3 Å². The fourth-order valence-corrected chi connectivity index (χ4v) is 4.61. The zero-order valence-corrected chi connectivity index (χ0v) is 19.9. The minimum Gasteiger partial charge on any atom is -0.497 e. The maximum absolute atomic E-state index is 13.6. The number of carbonyl (C=O) groups is 1. The third-order valence-corrected chi connectivity index (χ3v) is 6.33. The number of hydrogen-bond acceptors (Lipinski definition) is 6. The summed E-state index contributed by atoms with van der Waals surface area (Å²) in [7, 11) is 4.85. The minimum atomic E-state index is -0.323. The van der Waals surface area contributed by atoms with Gasteiger partial charge in [0.25, 0.3) is 5.91 Å². The Kier molecular flexibility index (Phi) is 6.13. The van der Waals surface area contributed by atoms with Crippen LogP contribution in [0.2, 0.25) is 0 Å². The molecule has 35 heavy (non-hydrogen) atoms. The molecule has 0 radical (unpaired) electrons. The number of aromatic amines is 1. The molecule has 0 saturated carbocycles. The van der Waals surface area contributed by atoms with Crippen molar-refractivity contribution in [2.75, 3.05) is 27.9 Å². The van der Waals surface area contributed by atoms with Gasteiger partial charge in [-0.2, -0.15) is 5.10 Å². The molecule has 0 saturated heterocycles. The van der Waals surface area contributed by atoms with E-state index in [1.807, 2.05) is 58.1 Å². The van der Waals surface area contributed by atoms with Crippen LogP contribution in [0.15, 0.2) is 61.2 Å². The normalized spacial score (nSPS) is 14.8. The standard InChI is InChI=1S/C26H27N5O4/c1-33-19-8-5-17(6-9-19)23-22-24(29-28-23)26(32)31(13-4-12-30-14-11-27-16-30)25(22)18-7-10-20(34-2)21(15-18)35-3/h5-11,14-16,25H,4,12-13H2,1-3H3,(H,28,29). The van der Waals surface area contributed by atoms with Crippen molar-refractivity contribution in [2.45, 2.75) is 19.0 Å². The monoisotopic (exact) mass is 473 g/mol. The van der Waals surface area contributed by atoms with Crippen molar-refractivity contribution in [1.29, 1.82) is 0 Å². The Morgan fingerprint density at radius 1 is 0.971 bits per heavy atom. The van der Waals surface area contributed by atoms with Crippen LogP contribution < -0.4 is 14.2 Å². The highest BCUT2D eigenvalue weighted by Gasteiger charge is 2.42. The third kappa shape index (κ3) is 4.09. The van der Waals surface area contributed by atoms with Crippen molar-refractivity contribution in [3.05, 3.63) is 78.0 Å². The number of fused-ring (bicyclic) bond motifs is 1. The van der Waals surface area contributed by atoms with Crippen LogP contribution in [0.4, 0.5) is 0 Å². The second-order valence-corrected chi connectivity index (χ2v) is 8.26. The van der Waals surface area contributed by atoms with Gasteiger partial charge >= 0.3 is 0 Å². The quantitative estimate of drug-likeness (QED) is 0.396. The smallest absolute Gasteiger partial charge is 0.273 e. The average molecular weight is 474 g/mol. The van der Waals surface area contributed by atoms with Crippen LogP contribution in [0.1, 0.15) is 34.1 Å². The topological polar surface area (TPSA) is 94.5 Å². The molecule has 5 rings (SSSR count). The number of rotatable bonds is 9. The summed E-state index contributed by atoms with van der Waals surface area (Å²) in [4.78, 5) is 19.6.